The van der Waals surface area contributed by atoms with Gasteiger partial charge in [0, 0.05) is 26.2 Å². The van der Waals surface area contributed by atoms with E-state index in [4.69, 9.17) is 4.42 Å². The molecule has 112 valence electrons. The monoisotopic (exact) mass is 288 g/mol. The van der Waals surface area contributed by atoms with Crippen LogP contribution < -0.4 is 0 Å². The summed E-state index contributed by atoms with van der Waals surface area (Å²) in [6.45, 7) is 4.79. The first-order valence-electron chi connectivity index (χ1n) is 6.96. The predicted octanol–water partition coefficient (Wildman–Crippen LogP) is 2.51. The van der Waals surface area contributed by atoms with Gasteiger partial charge in [-0.3, -0.25) is 9.80 Å². The predicted molar refractivity (Wildman–Crippen MR) is 68.2 cm³/mol. The minimum absolute atomic E-state index is 0.369. The number of rotatable bonds is 3. The Labute approximate surface area is 116 Å². The average molecular weight is 288 g/mol. The summed E-state index contributed by atoms with van der Waals surface area (Å²) in [6.07, 6.45) is -4.08. The number of halogens is 3. The Morgan fingerprint density at radius 3 is 2.20 bits per heavy atom. The van der Waals surface area contributed by atoms with E-state index in [-0.39, 0.29) is 0 Å². The van der Waals surface area contributed by atoms with E-state index in [9.17, 15) is 13.2 Å². The van der Waals surface area contributed by atoms with Gasteiger partial charge in [-0.2, -0.15) is 13.2 Å². The van der Waals surface area contributed by atoms with Crippen LogP contribution in [0.15, 0.2) is 16.5 Å². The molecule has 2 saturated heterocycles. The van der Waals surface area contributed by atoms with Crippen LogP contribution in [-0.4, -0.2) is 48.7 Å². The molecule has 3 nitrogen and oxygen atoms in total. The number of fused-ring (bicyclic) bond motifs is 1. The molecule has 0 spiro atoms. The molecule has 20 heavy (non-hydrogen) atoms. The lowest BCUT2D eigenvalue weighted by Gasteiger charge is -2.21. The fourth-order valence-electron chi connectivity index (χ4n) is 3.49. The lowest BCUT2D eigenvalue weighted by molar-refractivity contribution is -0.144. The quantitative estimate of drug-likeness (QED) is 0.852. The van der Waals surface area contributed by atoms with E-state index in [2.05, 4.69) is 4.90 Å². The molecular weight excluding hydrogens is 269 g/mol. The van der Waals surface area contributed by atoms with Gasteiger partial charge in [-0.15, -0.1) is 0 Å². The minimum atomic E-state index is -4.08. The van der Waals surface area contributed by atoms with Gasteiger partial charge in [0.1, 0.15) is 11.5 Å². The number of hydrogen-bond donors (Lipinski definition) is 0. The van der Waals surface area contributed by atoms with Crippen molar-refractivity contribution in [3.8, 4) is 0 Å². The van der Waals surface area contributed by atoms with E-state index in [0.29, 0.717) is 24.9 Å². The summed E-state index contributed by atoms with van der Waals surface area (Å²) < 4.78 is 42.7. The molecule has 3 rings (SSSR count). The summed E-state index contributed by atoms with van der Waals surface area (Å²) in [5, 5.41) is 0. The van der Waals surface area contributed by atoms with E-state index in [0.717, 1.165) is 31.2 Å². The first-order valence-corrected chi connectivity index (χ1v) is 6.96. The second-order valence-electron chi connectivity index (χ2n) is 6.04. The van der Waals surface area contributed by atoms with Crippen LogP contribution in [0, 0.1) is 18.8 Å². The lowest BCUT2D eigenvalue weighted by atomic mass is 10.0. The molecule has 2 aliphatic rings. The Morgan fingerprint density at radius 1 is 1.10 bits per heavy atom. The number of alkyl halides is 3. The standard InChI is InChI=1S/C14H19F3N2O/c1-10-2-3-13(20-10)8-18-4-11-6-19(7-12(11)5-18)9-14(15,16)17/h2-3,11-12H,4-9H2,1H3. The van der Waals surface area contributed by atoms with E-state index in [1.165, 1.54) is 0 Å². The Hall–Kier alpha value is -1.01. The van der Waals surface area contributed by atoms with Crippen molar-refractivity contribution in [3.63, 3.8) is 0 Å². The van der Waals surface area contributed by atoms with Crippen LogP contribution in [0.25, 0.3) is 0 Å². The summed E-state index contributed by atoms with van der Waals surface area (Å²) in [6, 6.07) is 3.91. The van der Waals surface area contributed by atoms with Gasteiger partial charge in [-0.25, -0.2) is 0 Å². The fourth-order valence-corrected chi connectivity index (χ4v) is 3.49. The van der Waals surface area contributed by atoms with Crippen LogP contribution in [0.2, 0.25) is 0 Å². The molecule has 0 aliphatic carbocycles. The molecule has 2 atom stereocenters. The van der Waals surface area contributed by atoms with Crippen molar-refractivity contribution in [3.05, 3.63) is 23.7 Å². The van der Waals surface area contributed by atoms with Crippen molar-refractivity contribution in [2.75, 3.05) is 32.7 Å². The molecule has 6 heteroatoms. The molecule has 0 N–H and O–H groups in total. The van der Waals surface area contributed by atoms with Crippen LogP contribution in [0.1, 0.15) is 11.5 Å². The van der Waals surface area contributed by atoms with Gasteiger partial charge >= 0.3 is 6.18 Å². The Morgan fingerprint density at radius 2 is 1.70 bits per heavy atom. The summed E-state index contributed by atoms with van der Waals surface area (Å²) in [5.74, 6) is 2.58. The number of aryl methyl sites for hydroxylation is 1. The normalized spacial score (nSPS) is 28.2. The second kappa shape index (κ2) is 5.07. The van der Waals surface area contributed by atoms with E-state index >= 15 is 0 Å². The highest BCUT2D eigenvalue weighted by atomic mass is 19.4. The number of furan rings is 1. The largest absolute Gasteiger partial charge is 0.465 e. The summed E-state index contributed by atoms with van der Waals surface area (Å²) in [4.78, 5) is 3.84. The van der Waals surface area contributed by atoms with Gasteiger partial charge in [0.25, 0.3) is 0 Å². The molecule has 0 bridgehead atoms. The molecular formula is C14H19F3N2O. The third kappa shape index (κ3) is 3.17. The molecule has 2 aliphatic heterocycles. The minimum Gasteiger partial charge on any atom is -0.465 e. The maximum atomic E-state index is 12.4. The van der Waals surface area contributed by atoms with Crippen molar-refractivity contribution >= 4 is 0 Å². The molecule has 0 radical (unpaired) electrons. The third-order valence-electron chi connectivity index (χ3n) is 4.22. The van der Waals surface area contributed by atoms with Crippen LogP contribution in [-0.2, 0) is 6.54 Å². The van der Waals surface area contributed by atoms with Crippen molar-refractivity contribution in [2.45, 2.75) is 19.6 Å². The van der Waals surface area contributed by atoms with E-state index in [1.807, 2.05) is 19.1 Å². The van der Waals surface area contributed by atoms with Crippen molar-refractivity contribution in [1.82, 2.24) is 9.80 Å². The maximum Gasteiger partial charge on any atom is 0.401 e. The Bertz CT molecular complexity index is 457. The van der Waals surface area contributed by atoms with E-state index in [1.54, 1.807) is 4.90 Å². The highest BCUT2D eigenvalue weighted by Crippen LogP contribution is 2.33. The fraction of sp³-hybridized carbons (Fsp3) is 0.714. The molecule has 0 aromatic carbocycles. The number of nitrogens with zero attached hydrogens (tertiary/aromatic N) is 2. The van der Waals surface area contributed by atoms with Gasteiger partial charge < -0.3 is 4.42 Å². The van der Waals surface area contributed by atoms with Crippen LogP contribution >= 0.6 is 0 Å². The SMILES string of the molecule is Cc1ccc(CN2CC3CN(CC(F)(F)F)CC3C2)o1. The highest BCUT2D eigenvalue weighted by molar-refractivity contribution is 5.06. The Balaban J connectivity index is 1.51. The van der Waals surface area contributed by atoms with Gasteiger partial charge in [-0.05, 0) is 30.9 Å². The van der Waals surface area contributed by atoms with Crippen LogP contribution in [0.5, 0.6) is 0 Å². The summed E-state index contributed by atoms with van der Waals surface area (Å²) in [5.41, 5.74) is 0. The molecule has 2 unspecified atom stereocenters. The zero-order valence-electron chi connectivity index (χ0n) is 11.5. The number of likely N-dealkylation sites (tertiary alicyclic amines) is 2. The molecule has 2 fully saturated rings. The summed E-state index contributed by atoms with van der Waals surface area (Å²) >= 11 is 0. The zero-order chi connectivity index (χ0) is 14.3. The van der Waals surface area contributed by atoms with E-state index < -0.39 is 12.7 Å². The molecule has 0 amide bonds. The first-order chi connectivity index (χ1) is 9.39. The number of hydrogen-bond acceptors (Lipinski definition) is 3. The maximum absolute atomic E-state index is 12.4. The molecule has 1 aromatic heterocycles. The van der Waals surface area contributed by atoms with Gasteiger partial charge in [0.2, 0.25) is 0 Å². The second-order valence-corrected chi connectivity index (χ2v) is 6.04. The van der Waals surface area contributed by atoms with Crippen molar-refractivity contribution < 1.29 is 17.6 Å². The topological polar surface area (TPSA) is 19.6 Å². The molecule has 1 aromatic rings. The Kier molecular flexibility index (Phi) is 3.54. The first kappa shape index (κ1) is 13.9. The van der Waals surface area contributed by atoms with Crippen molar-refractivity contribution in [2.24, 2.45) is 11.8 Å². The smallest absolute Gasteiger partial charge is 0.401 e. The average Bonchev–Trinajstić information content (AvgIpc) is 2.92. The van der Waals surface area contributed by atoms with Gasteiger partial charge in [-0.1, -0.05) is 0 Å². The zero-order valence-corrected chi connectivity index (χ0v) is 11.5. The molecule has 0 saturated carbocycles. The van der Waals surface area contributed by atoms with Gasteiger partial charge in [0.05, 0.1) is 13.1 Å². The lowest BCUT2D eigenvalue weighted by Crippen LogP contribution is -2.35. The third-order valence-corrected chi connectivity index (χ3v) is 4.22. The van der Waals surface area contributed by atoms with Gasteiger partial charge in [0.15, 0.2) is 0 Å². The van der Waals surface area contributed by atoms with Crippen molar-refractivity contribution in [1.29, 1.82) is 0 Å². The van der Waals surface area contributed by atoms with Crippen LogP contribution in [0.4, 0.5) is 13.2 Å². The van der Waals surface area contributed by atoms with Crippen LogP contribution in [0.3, 0.4) is 0 Å². The summed E-state index contributed by atoms with van der Waals surface area (Å²) in [7, 11) is 0. The molecule has 3 heterocycles. The highest BCUT2D eigenvalue weighted by Gasteiger charge is 2.43.